The molecule has 0 spiro atoms. The minimum absolute atomic E-state index is 0.0227. The van der Waals surface area contributed by atoms with Crippen molar-refractivity contribution >= 4 is 11.9 Å². The molecule has 0 aromatic heterocycles. The number of carboxylic acids is 1. The topological polar surface area (TPSA) is 57.6 Å². The van der Waals surface area contributed by atoms with E-state index in [0.717, 1.165) is 31.7 Å². The molecule has 100 valence electrons. The van der Waals surface area contributed by atoms with Gasteiger partial charge in [0.15, 0.2) is 0 Å². The lowest BCUT2D eigenvalue weighted by atomic mass is 10.0. The Labute approximate surface area is 107 Å². The van der Waals surface area contributed by atoms with E-state index < -0.39 is 5.97 Å². The van der Waals surface area contributed by atoms with Crippen LogP contribution in [0.15, 0.2) is 0 Å². The molecule has 0 aromatic carbocycles. The van der Waals surface area contributed by atoms with Crippen LogP contribution in [-0.4, -0.2) is 34.5 Å². The molecule has 3 fully saturated rings. The van der Waals surface area contributed by atoms with E-state index in [9.17, 15) is 9.59 Å². The maximum atomic E-state index is 12.5. The van der Waals surface area contributed by atoms with Gasteiger partial charge in [0.05, 0.1) is 5.92 Å². The third kappa shape index (κ3) is 2.52. The number of rotatable bonds is 5. The van der Waals surface area contributed by atoms with Crippen LogP contribution < -0.4 is 0 Å². The van der Waals surface area contributed by atoms with E-state index in [1.807, 2.05) is 0 Å². The van der Waals surface area contributed by atoms with Crippen LogP contribution in [0.2, 0.25) is 0 Å². The number of carbonyl (C=O) groups excluding carboxylic acids is 1. The first kappa shape index (κ1) is 12.0. The molecule has 0 aliphatic heterocycles. The van der Waals surface area contributed by atoms with Crippen LogP contribution in [0.1, 0.15) is 44.9 Å². The molecule has 0 heterocycles. The van der Waals surface area contributed by atoms with Crippen molar-refractivity contribution in [3.05, 3.63) is 0 Å². The predicted octanol–water partition coefficient (Wildman–Crippen LogP) is 1.89. The maximum absolute atomic E-state index is 12.5. The van der Waals surface area contributed by atoms with Crippen LogP contribution in [0.4, 0.5) is 0 Å². The number of aliphatic carboxylic acids is 1. The summed E-state index contributed by atoms with van der Waals surface area (Å²) in [5, 5.41) is 9.00. The molecule has 3 aliphatic rings. The molecule has 0 bridgehead atoms. The third-order valence-corrected chi connectivity index (χ3v) is 4.55. The minimum atomic E-state index is -0.731. The molecule has 0 unspecified atom stereocenters. The van der Waals surface area contributed by atoms with E-state index in [2.05, 4.69) is 4.90 Å². The highest BCUT2D eigenvalue weighted by atomic mass is 16.4. The van der Waals surface area contributed by atoms with Crippen LogP contribution in [0, 0.1) is 17.8 Å². The predicted molar refractivity (Wildman–Crippen MR) is 65.9 cm³/mol. The second kappa shape index (κ2) is 4.56. The second-order valence-corrected chi connectivity index (χ2v) is 6.21. The summed E-state index contributed by atoms with van der Waals surface area (Å²) in [6.45, 7) is 0.928. The average Bonchev–Trinajstić information content (AvgIpc) is 3.24. The van der Waals surface area contributed by atoms with Gasteiger partial charge < -0.3 is 10.0 Å². The van der Waals surface area contributed by atoms with Crippen molar-refractivity contribution in [1.82, 2.24) is 4.90 Å². The molecule has 4 nitrogen and oxygen atoms in total. The van der Waals surface area contributed by atoms with Crippen molar-refractivity contribution in [1.29, 1.82) is 0 Å². The highest BCUT2D eigenvalue weighted by Gasteiger charge is 2.41. The summed E-state index contributed by atoms with van der Waals surface area (Å²) < 4.78 is 0. The molecule has 0 saturated heterocycles. The van der Waals surface area contributed by atoms with Gasteiger partial charge in [-0.2, -0.15) is 0 Å². The smallest absolute Gasteiger partial charge is 0.306 e. The van der Waals surface area contributed by atoms with E-state index in [1.54, 1.807) is 0 Å². The van der Waals surface area contributed by atoms with Gasteiger partial charge in [0.25, 0.3) is 0 Å². The standard InChI is InChI=1S/C14H21NO3/c16-13(10-3-4-11(7-10)14(17)18)15(12-5-6-12)8-9-1-2-9/h9-12H,1-8H2,(H,17,18)/t10-,11+/m1/s1. The quantitative estimate of drug-likeness (QED) is 0.811. The zero-order valence-electron chi connectivity index (χ0n) is 10.7. The van der Waals surface area contributed by atoms with E-state index >= 15 is 0 Å². The molecule has 3 aliphatic carbocycles. The fourth-order valence-corrected chi connectivity index (χ4v) is 3.05. The van der Waals surface area contributed by atoms with Crippen LogP contribution in [0.3, 0.4) is 0 Å². The SMILES string of the molecule is O=C(O)[C@H]1CC[C@@H](C(=O)N(CC2CC2)C2CC2)C1. The lowest BCUT2D eigenvalue weighted by Gasteiger charge is -2.25. The van der Waals surface area contributed by atoms with Crippen LogP contribution in [0.25, 0.3) is 0 Å². The molecule has 18 heavy (non-hydrogen) atoms. The Morgan fingerprint density at radius 1 is 1.00 bits per heavy atom. The molecule has 4 heteroatoms. The van der Waals surface area contributed by atoms with Gasteiger partial charge >= 0.3 is 5.97 Å². The van der Waals surface area contributed by atoms with Gasteiger partial charge in [-0.15, -0.1) is 0 Å². The number of hydrogen-bond acceptors (Lipinski definition) is 2. The van der Waals surface area contributed by atoms with Crippen LogP contribution >= 0.6 is 0 Å². The summed E-state index contributed by atoms with van der Waals surface area (Å²) in [6.07, 6.45) is 6.82. The molecule has 3 rings (SSSR count). The van der Waals surface area contributed by atoms with Gasteiger partial charge in [0.1, 0.15) is 0 Å². The molecular weight excluding hydrogens is 230 g/mol. The summed E-state index contributed by atoms with van der Waals surface area (Å²) in [7, 11) is 0. The van der Waals surface area contributed by atoms with Crippen LogP contribution in [-0.2, 0) is 9.59 Å². The summed E-state index contributed by atoms with van der Waals surface area (Å²) in [5.74, 6) is -0.0729. The summed E-state index contributed by atoms with van der Waals surface area (Å²) in [4.78, 5) is 25.5. The van der Waals surface area contributed by atoms with Gasteiger partial charge in [-0.1, -0.05) is 0 Å². The Balaban J connectivity index is 1.59. The molecule has 2 atom stereocenters. The van der Waals surface area contributed by atoms with Gasteiger partial charge in [-0.25, -0.2) is 0 Å². The van der Waals surface area contributed by atoms with Gasteiger partial charge in [-0.3, -0.25) is 9.59 Å². The third-order valence-electron chi connectivity index (χ3n) is 4.55. The monoisotopic (exact) mass is 251 g/mol. The normalized spacial score (nSPS) is 31.3. The number of carboxylic acid groups (broad SMARTS) is 1. The first-order chi connectivity index (χ1) is 8.65. The Hall–Kier alpha value is -1.06. The van der Waals surface area contributed by atoms with Crippen molar-refractivity contribution in [3.8, 4) is 0 Å². The number of hydrogen-bond donors (Lipinski definition) is 1. The summed E-state index contributed by atoms with van der Waals surface area (Å²) in [5.41, 5.74) is 0. The number of nitrogens with zero attached hydrogens (tertiary/aromatic N) is 1. The lowest BCUT2D eigenvalue weighted by Crippen LogP contribution is -2.38. The Bertz CT molecular complexity index is 360. The van der Waals surface area contributed by atoms with Crippen LogP contribution in [0.5, 0.6) is 0 Å². The van der Waals surface area contributed by atoms with Gasteiger partial charge in [-0.05, 0) is 50.9 Å². The lowest BCUT2D eigenvalue weighted by molar-refractivity contribution is -0.141. The van der Waals surface area contributed by atoms with E-state index in [-0.39, 0.29) is 17.7 Å². The fourth-order valence-electron chi connectivity index (χ4n) is 3.05. The van der Waals surface area contributed by atoms with Crippen molar-refractivity contribution in [2.75, 3.05) is 6.54 Å². The fraction of sp³-hybridized carbons (Fsp3) is 0.857. The highest BCUT2D eigenvalue weighted by Crippen LogP contribution is 2.38. The minimum Gasteiger partial charge on any atom is -0.481 e. The summed E-state index contributed by atoms with van der Waals surface area (Å²) >= 11 is 0. The average molecular weight is 251 g/mol. The van der Waals surface area contributed by atoms with Crippen molar-refractivity contribution in [2.45, 2.75) is 51.0 Å². The molecule has 1 N–H and O–H groups in total. The molecule has 0 radical (unpaired) electrons. The first-order valence-corrected chi connectivity index (χ1v) is 7.18. The Kier molecular flexibility index (Phi) is 3.04. The first-order valence-electron chi connectivity index (χ1n) is 7.18. The maximum Gasteiger partial charge on any atom is 0.306 e. The highest BCUT2D eigenvalue weighted by molar-refractivity contribution is 5.81. The Morgan fingerprint density at radius 2 is 1.67 bits per heavy atom. The molecule has 3 saturated carbocycles. The van der Waals surface area contributed by atoms with E-state index in [1.165, 1.54) is 12.8 Å². The van der Waals surface area contributed by atoms with Gasteiger partial charge in [0, 0.05) is 18.5 Å². The van der Waals surface area contributed by atoms with E-state index in [0.29, 0.717) is 18.9 Å². The van der Waals surface area contributed by atoms with Crippen molar-refractivity contribution in [2.24, 2.45) is 17.8 Å². The number of amides is 1. The molecule has 1 amide bonds. The molecular formula is C14H21NO3. The second-order valence-electron chi connectivity index (χ2n) is 6.21. The zero-order chi connectivity index (χ0) is 12.7. The zero-order valence-corrected chi connectivity index (χ0v) is 10.7. The Morgan fingerprint density at radius 3 is 2.17 bits per heavy atom. The largest absolute Gasteiger partial charge is 0.481 e. The van der Waals surface area contributed by atoms with E-state index in [4.69, 9.17) is 5.11 Å². The van der Waals surface area contributed by atoms with Crippen molar-refractivity contribution < 1.29 is 14.7 Å². The van der Waals surface area contributed by atoms with Gasteiger partial charge in [0.2, 0.25) is 5.91 Å². The van der Waals surface area contributed by atoms with Crippen molar-refractivity contribution in [3.63, 3.8) is 0 Å². The molecule has 0 aromatic rings. The summed E-state index contributed by atoms with van der Waals surface area (Å²) in [6, 6.07) is 0.474. The number of carbonyl (C=O) groups is 2.